The third kappa shape index (κ3) is 2.05. The maximum Gasteiger partial charge on any atom is 0.259 e. The molecular weight excluding hydrogens is 254 g/mol. The molecule has 98 valence electrons. The number of nitrogens with one attached hydrogen (secondary N) is 1. The summed E-state index contributed by atoms with van der Waals surface area (Å²) in [6, 6.07) is 13.5. The average molecular weight is 265 g/mol. The van der Waals surface area contributed by atoms with Gasteiger partial charge >= 0.3 is 0 Å². The molecule has 1 heterocycles. The number of benzene rings is 2. The Morgan fingerprint density at radius 2 is 1.85 bits per heavy atom. The number of aromatic nitrogens is 2. The van der Waals surface area contributed by atoms with Crippen LogP contribution >= 0.6 is 0 Å². The molecule has 2 aromatic carbocycles. The first-order chi connectivity index (χ1) is 9.65. The molecular formula is C15H11N3O2. The third-order valence-electron chi connectivity index (χ3n) is 2.98. The van der Waals surface area contributed by atoms with Crippen molar-refractivity contribution in [3.63, 3.8) is 0 Å². The lowest BCUT2D eigenvalue weighted by atomic mass is 10.1. The third-order valence-corrected chi connectivity index (χ3v) is 2.98. The number of carbonyl (C=O) groups is 1. The molecule has 0 radical (unpaired) electrons. The Morgan fingerprint density at radius 3 is 2.60 bits per heavy atom. The zero-order chi connectivity index (χ0) is 14.1. The predicted octanol–water partition coefficient (Wildman–Crippen LogP) is 1.74. The van der Waals surface area contributed by atoms with Crippen LogP contribution in [-0.4, -0.2) is 15.8 Å². The van der Waals surface area contributed by atoms with E-state index >= 15 is 0 Å². The number of hydrogen-bond donors (Lipinski definition) is 2. The molecule has 3 N–H and O–H groups in total. The van der Waals surface area contributed by atoms with Crippen LogP contribution in [0.3, 0.4) is 0 Å². The average Bonchev–Trinajstić information content (AvgIpc) is 2.48. The first-order valence-corrected chi connectivity index (χ1v) is 6.04. The molecule has 3 aromatic rings. The lowest BCUT2D eigenvalue weighted by molar-refractivity contribution is 0.102. The number of rotatable bonds is 2. The molecule has 0 atom stereocenters. The molecule has 0 saturated heterocycles. The largest absolute Gasteiger partial charge is 0.399 e. The van der Waals surface area contributed by atoms with Gasteiger partial charge in [-0.25, -0.2) is 4.98 Å². The number of nitrogens with two attached hydrogens (primary N) is 1. The smallest absolute Gasteiger partial charge is 0.259 e. The molecule has 0 bridgehead atoms. The summed E-state index contributed by atoms with van der Waals surface area (Å²) in [5.74, 6) is -0.292. The lowest BCUT2D eigenvalue weighted by Gasteiger charge is -2.03. The van der Waals surface area contributed by atoms with Crippen LogP contribution in [0.5, 0.6) is 0 Å². The van der Waals surface area contributed by atoms with Crippen molar-refractivity contribution in [1.82, 2.24) is 9.97 Å². The molecule has 0 aliphatic carbocycles. The molecule has 0 unspecified atom stereocenters. The summed E-state index contributed by atoms with van der Waals surface area (Å²) < 4.78 is 0. The van der Waals surface area contributed by atoms with E-state index < -0.39 is 0 Å². The number of hydrogen-bond acceptors (Lipinski definition) is 4. The van der Waals surface area contributed by atoms with E-state index in [-0.39, 0.29) is 17.2 Å². The second kappa shape index (κ2) is 4.62. The van der Waals surface area contributed by atoms with Gasteiger partial charge in [0.2, 0.25) is 5.78 Å². The first-order valence-electron chi connectivity index (χ1n) is 6.04. The van der Waals surface area contributed by atoms with E-state index in [1.807, 2.05) is 6.07 Å². The molecule has 5 heteroatoms. The molecule has 0 aliphatic heterocycles. The van der Waals surface area contributed by atoms with Gasteiger partial charge in [0.1, 0.15) is 0 Å². The van der Waals surface area contributed by atoms with E-state index in [0.717, 1.165) is 0 Å². The zero-order valence-electron chi connectivity index (χ0n) is 10.5. The Balaban J connectivity index is 2.16. The van der Waals surface area contributed by atoms with Gasteiger partial charge in [0.15, 0.2) is 5.82 Å². The summed E-state index contributed by atoms with van der Waals surface area (Å²) in [6.07, 6.45) is 0. The summed E-state index contributed by atoms with van der Waals surface area (Å²) in [5.41, 5.74) is 6.66. The van der Waals surface area contributed by atoms with E-state index in [1.54, 1.807) is 36.4 Å². The molecule has 1 aromatic heterocycles. The Kier molecular flexibility index (Phi) is 2.80. The number of fused-ring (bicyclic) bond motifs is 1. The summed E-state index contributed by atoms with van der Waals surface area (Å²) >= 11 is 0. The molecule has 0 aliphatic rings. The highest BCUT2D eigenvalue weighted by atomic mass is 16.1. The Hall–Kier alpha value is -2.95. The Bertz CT molecular complexity index is 854. The van der Waals surface area contributed by atoms with Crippen LogP contribution < -0.4 is 11.3 Å². The summed E-state index contributed by atoms with van der Waals surface area (Å²) in [6.45, 7) is 0. The van der Waals surface area contributed by atoms with Crippen molar-refractivity contribution in [3.05, 3.63) is 70.3 Å². The topological polar surface area (TPSA) is 88.8 Å². The molecule has 0 amide bonds. The van der Waals surface area contributed by atoms with Crippen molar-refractivity contribution in [3.8, 4) is 0 Å². The minimum atomic E-state index is -0.374. The van der Waals surface area contributed by atoms with Crippen molar-refractivity contribution in [2.45, 2.75) is 0 Å². The minimum absolute atomic E-state index is 0.0264. The number of aromatic amines is 1. The van der Waals surface area contributed by atoms with E-state index in [1.165, 1.54) is 6.07 Å². The van der Waals surface area contributed by atoms with Gasteiger partial charge in [-0.1, -0.05) is 30.3 Å². The summed E-state index contributed by atoms with van der Waals surface area (Å²) in [5, 5.41) is 0.370. The summed E-state index contributed by atoms with van der Waals surface area (Å²) in [4.78, 5) is 30.9. The Morgan fingerprint density at radius 1 is 1.10 bits per heavy atom. The molecule has 20 heavy (non-hydrogen) atoms. The number of ketones is 1. The van der Waals surface area contributed by atoms with Crippen LogP contribution in [0.15, 0.2) is 53.3 Å². The maximum absolute atomic E-state index is 12.3. The van der Waals surface area contributed by atoms with Crippen LogP contribution in [-0.2, 0) is 0 Å². The summed E-state index contributed by atoms with van der Waals surface area (Å²) in [7, 11) is 0. The SMILES string of the molecule is Nc1ccc2nc(C(=O)c3ccccc3)[nH]c(=O)c2c1. The van der Waals surface area contributed by atoms with E-state index in [4.69, 9.17) is 5.73 Å². The fourth-order valence-corrected chi connectivity index (χ4v) is 1.99. The maximum atomic E-state index is 12.3. The monoisotopic (exact) mass is 265 g/mol. The molecule has 0 saturated carbocycles. The van der Waals surface area contributed by atoms with Gasteiger partial charge in [-0.15, -0.1) is 0 Å². The molecule has 0 spiro atoms. The van der Waals surface area contributed by atoms with Crippen molar-refractivity contribution >= 4 is 22.4 Å². The van der Waals surface area contributed by atoms with Crippen LogP contribution in [0.4, 0.5) is 5.69 Å². The fraction of sp³-hybridized carbons (Fsp3) is 0. The predicted molar refractivity (Wildman–Crippen MR) is 76.7 cm³/mol. The molecule has 0 fully saturated rings. The number of carbonyl (C=O) groups excluding carboxylic acids is 1. The minimum Gasteiger partial charge on any atom is -0.399 e. The normalized spacial score (nSPS) is 10.6. The zero-order valence-corrected chi connectivity index (χ0v) is 10.5. The number of nitrogen functional groups attached to an aromatic ring is 1. The van der Waals surface area contributed by atoms with Crippen LogP contribution in [0.1, 0.15) is 16.2 Å². The van der Waals surface area contributed by atoms with Gasteiger partial charge < -0.3 is 10.7 Å². The number of H-pyrrole nitrogens is 1. The highest BCUT2D eigenvalue weighted by Crippen LogP contribution is 2.13. The van der Waals surface area contributed by atoms with E-state index in [0.29, 0.717) is 22.2 Å². The van der Waals surface area contributed by atoms with Gasteiger partial charge in [0, 0.05) is 11.3 Å². The first kappa shape index (κ1) is 12.1. The molecule has 3 rings (SSSR count). The standard InChI is InChI=1S/C15H11N3O2/c16-10-6-7-12-11(8-10)15(20)18-14(17-12)13(19)9-4-2-1-3-5-9/h1-8H,16H2,(H,17,18,20). The van der Waals surface area contributed by atoms with Gasteiger partial charge in [-0.2, -0.15) is 0 Å². The Labute approximate surface area is 114 Å². The highest BCUT2D eigenvalue weighted by molar-refractivity contribution is 6.07. The fourth-order valence-electron chi connectivity index (χ4n) is 1.99. The molecule has 5 nitrogen and oxygen atoms in total. The van der Waals surface area contributed by atoms with Gasteiger partial charge in [0.25, 0.3) is 5.56 Å². The van der Waals surface area contributed by atoms with Crippen molar-refractivity contribution in [1.29, 1.82) is 0 Å². The van der Waals surface area contributed by atoms with Gasteiger partial charge in [0.05, 0.1) is 10.9 Å². The van der Waals surface area contributed by atoms with Crippen LogP contribution in [0, 0.1) is 0 Å². The number of nitrogens with zero attached hydrogens (tertiary/aromatic N) is 1. The number of anilines is 1. The highest BCUT2D eigenvalue weighted by Gasteiger charge is 2.13. The second-order valence-electron chi connectivity index (χ2n) is 4.39. The second-order valence-corrected chi connectivity index (χ2v) is 4.39. The van der Waals surface area contributed by atoms with Crippen LogP contribution in [0.25, 0.3) is 10.9 Å². The van der Waals surface area contributed by atoms with Gasteiger partial charge in [-0.05, 0) is 18.2 Å². The van der Waals surface area contributed by atoms with Crippen molar-refractivity contribution < 1.29 is 4.79 Å². The van der Waals surface area contributed by atoms with Crippen molar-refractivity contribution in [2.75, 3.05) is 5.73 Å². The quantitative estimate of drug-likeness (QED) is 0.545. The van der Waals surface area contributed by atoms with Gasteiger partial charge in [-0.3, -0.25) is 9.59 Å². The van der Waals surface area contributed by atoms with Crippen LogP contribution in [0.2, 0.25) is 0 Å². The van der Waals surface area contributed by atoms with E-state index in [9.17, 15) is 9.59 Å². The van der Waals surface area contributed by atoms with E-state index in [2.05, 4.69) is 9.97 Å². The van der Waals surface area contributed by atoms with Crippen molar-refractivity contribution in [2.24, 2.45) is 0 Å². The lowest BCUT2D eigenvalue weighted by Crippen LogP contribution is -2.16.